The van der Waals surface area contributed by atoms with E-state index in [0.29, 0.717) is 5.69 Å². The lowest BCUT2D eigenvalue weighted by Gasteiger charge is -2.09. The fourth-order valence-corrected chi connectivity index (χ4v) is 1.51. The van der Waals surface area contributed by atoms with E-state index in [4.69, 9.17) is 0 Å². The van der Waals surface area contributed by atoms with Gasteiger partial charge in [0.25, 0.3) is 0 Å². The zero-order valence-electron chi connectivity index (χ0n) is 5.41. The van der Waals surface area contributed by atoms with Crippen molar-refractivity contribution in [1.82, 2.24) is 0 Å². The molecule has 60 valence electrons. The van der Waals surface area contributed by atoms with Crippen LogP contribution >= 0.6 is 15.9 Å². The maximum atomic E-state index is 10.2. The number of halogens is 1. The molecule has 0 amide bonds. The Kier molecular flexibility index (Phi) is 3.04. The molecule has 1 rings (SSSR count). The Bertz CT molecular complexity index is 279. The Labute approximate surface area is 75.4 Å². The van der Waals surface area contributed by atoms with Crippen molar-refractivity contribution in [3.63, 3.8) is 0 Å². The number of anilines is 1. The summed E-state index contributed by atoms with van der Waals surface area (Å²) < 4.78 is 23.3. The smallest absolute Gasteiger partial charge is 0.0594 e. The van der Waals surface area contributed by atoms with Crippen LogP contribution < -0.4 is 4.72 Å². The van der Waals surface area contributed by atoms with E-state index in [2.05, 4.69) is 20.7 Å². The fourth-order valence-electron chi connectivity index (χ4n) is 0.634. The summed E-state index contributed by atoms with van der Waals surface area (Å²) in [6.45, 7) is 0. The third-order valence-corrected chi connectivity index (χ3v) is 2.15. The molecule has 0 saturated carbocycles. The van der Waals surface area contributed by atoms with E-state index in [1.165, 1.54) is 0 Å². The van der Waals surface area contributed by atoms with E-state index >= 15 is 0 Å². The number of nitrogens with one attached hydrogen (secondary N) is 1. The molecule has 5 heteroatoms. The second-order valence-corrected chi connectivity index (χ2v) is 3.34. The second kappa shape index (κ2) is 3.85. The van der Waals surface area contributed by atoms with Crippen LogP contribution in [0.25, 0.3) is 0 Å². The molecule has 0 bridgehead atoms. The first-order valence-electron chi connectivity index (χ1n) is 2.80. The van der Waals surface area contributed by atoms with Gasteiger partial charge in [-0.1, -0.05) is 12.1 Å². The minimum Gasteiger partial charge on any atom is -0.755 e. The van der Waals surface area contributed by atoms with E-state index in [1.807, 2.05) is 6.07 Å². The van der Waals surface area contributed by atoms with E-state index < -0.39 is 11.3 Å². The molecular weight excluding hydrogens is 230 g/mol. The molecule has 0 fully saturated rings. The maximum absolute atomic E-state index is 10.2. The van der Waals surface area contributed by atoms with Crippen molar-refractivity contribution in [3.05, 3.63) is 28.7 Å². The normalized spacial score (nSPS) is 12.5. The Morgan fingerprint density at radius 3 is 2.64 bits per heavy atom. The van der Waals surface area contributed by atoms with Gasteiger partial charge in [-0.25, -0.2) is 0 Å². The molecule has 0 saturated heterocycles. The van der Waals surface area contributed by atoms with Crippen LogP contribution in [0.4, 0.5) is 5.69 Å². The third-order valence-electron chi connectivity index (χ3n) is 1.07. The summed E-state index contributed by atoms with van der Waals surface area (Å²) in [6, 6.07) is 6.98. The average Bonchev–Trinajstić information content (AvgIpc) is 1.93. The van der Waals surface area contributed by atoms with Crippen LogP contribution in [0.2, 0.25) is 0 Å². The highest BCUT2D eigenvalue weighted by Gasteiger charge is 1.94. The van der Waals surface area contributed by atoms with Crippen LogP contribution in [0, 0.1) is 0 Å². The summed E-state index contributed by atoms with van der Waals surface area (Å²) >= 11 is 0.932. The van der Waals surface area contributed by atoms with Gasteiger partial charge in [0, 0.05) is 15.7 Å². The van der Waals surface area contributed by atoms with E-state index in [9.17, 15) is 8.76 Å². The molecule has 0 spiro atoms. The predicted octanol–water partition coefficient (Wildman–Crippen LogP) is 1.66. The van der Waals surface area contributed by atoms with Gasteiger partial charge in [-0.2, -0.15) is 0 Å². The third kappa shape index (κ3) is 2.61. The van der Waals surface area contributed by atoms with Crippen molar-refractivity contribution in [2.24, 2.45) is 0 Å². The highest BCUT2D eigenvalue weighted by atomic mass is 79.9. The van der Waals surface area contributed by atoms with Gasteiger partial charge in [-0.15, -0.1) is 0 Å². The Hall–Kier alpha value is -0.390. The Morgan fingerprint density at radius 2 is 2.09 bits per heavy atom. The van der Waals surface area contributed by atoms with Crippen molar-refractivity contribution in [2.75, 3.05) is 4.72 Å². The van der Waals surface area contributed by atoms with Gasteiger partial charge in [-0.05, 0) is 28.1 Å². The molecule has 0 aliphatic rings. The fraction of sp³-hybridized carbons (Fsp3) is 0. The van der Waals surface area contributed by atoms with Gasteiger partial charge >= 0.3 is 0 Å². The van der Waals surface area contributed by atoms with Crippen molar-refractivity contribution >= 4 is 32.9 Å². The molecule has 1 atom stereocenters. The molecule has 11 heavy (non-hydrogen) atoms. The van der Waals surface area contributed by atoms with E-state index in [1.54, 1.807) is 18.2 Å². The van der Waals surface area contributed by atoms with Gasteiger partial charge in [0.1, 0.15) is 0 Å². The molecule has 0 radical (unpaired) electrons. The minimum absolute atomic E-state index is 0.542. The molecule has 1 aromatic carbocycles. The minimum atomic E-state index is -2.26. The van der Waals surface area contributed by atoms with E-state index in [0.717, 1.165) is 4.47 Å². The standard InChI is InChI=1S/C6H6BrNO2S/c7-5-3-1-2-4-6(5)8-11(9)10/h1-4,8H,(H,9,10)/p-1. The summed E-state index contributed by atoms with van der Waals surface area (Å²) in [5.41, 5.74) is 0.542. The van der Waals surface area contributed by atoms with E-state index in [-0.39, 0.29) is 0 Å². The van der Waals surface area contributed by atoms with Gasteiger partial charge in [0.15, 0.2) is 0 Å². The van der Waals surface area contributed by atoms with Crippen LogP contribution in [0.1, 0.15) is 0 Å². The molecule has 3 nitrogen and oxygen atoms in total. The molecule has 0 aliphatic carbocycles. The molecule has 0 aromatic heterocycles. The maximum Gasteiger partial charge on any atom is 0.0594 e. The summed E-state index contributed by atoms with van der Waals surface area (Å²) in [7, 11) is 0. The molecule has 1 N–H and O–H groups in total. The van der Waals surface area contributed by atoms with Gasteiger partial charge in [0.05, 0.1) is 5.69 Å². The van der Waals surface area contributed by atoms with Gasteiger partial charge in [0.2, 0.25) is 0 Å². The largest absolute Gasteiger partial charge is 0.755 e. The van der Waals surface area contributed by atoms with Crippen LogP contribution in [0.3, 0.4) is 0 Å². The van der Waals surface area contributed by atoms with Crippen LogP contribution in [0.5, 0.6) is 0 Å². The summed E-state index contributed by atoms with van der Waals surface area (Å²) in [5, 5.41) is 0. The number of para-hydroxylation sites is 1. The molecular formula is C6H5BrNO2S-. The summed E-state index contributed by atoms with van der Waals surface area (Å²) in [4.78, 5) is 0. The number of hydrogen-bond acceptors (Lipinski definition) is 2. The second-order valence-electron chi connectivity index (χ2n) is 1.82. The van der Waals surface area contributed by atoms with Crippen LogP contribution in [-0.4, -0.2) is 8.76 Å². The number of rotatable bonds is 2. The van der Waals surface area contributed by atoms with Crippen molar-refractivity contribution in [3.8, 4) is 0 Å². The van der Waals surface area contributed by atoms with Gasteiger partial charge < -0.3 is 9.27 Å². The molecule has 0 aliphatic heterocycles. The topological polar surface area (TPSA) is 52.2 Å². The lowest BCUT2D eigenvalue weighted by Crippen LogP contribution is -2.02. The van der Waals surface area contributed by atoms with Crippen LogP contribution in [-0.2, 0) is 11.3 Å². The lowest BCUT2D eigenvalue weighted by molar-refractivity contribution is 0.542. The Morgan fingerprint density at radius 1 is 1.45 bits per heavy atom. The zero-order chi connectivity index (χ0) is 8.27. The monoisotopic (exact) mass is 234 g/mol. The quantitative estimate of drug-likeness (QED) is 0.792. The Balaban J connectivity index is 2.86. The average molecular weight is 235 g/mol. The van der Waals surface area contributed by atoms with Crippen LogP contribution in [0.15, 0.2) is 28.7 Å². The highest BCUT2D eigenvalue weighted by Crippen LogP contribution is 2.20. The summed E-state index contributed by atoms with van der Waals surface area (Å²) in [6.07, 6.45) is 0. The first-order valence-corrected chi connectivity index (χ1v) is 4.67. The first-order chi connectivity index (χ1) is 5.20. The highest BCUT2D eigenvalue weighted by molar-refractivity contribution is 9.10. The summed E-state index contributed by atoms with van der Waals surface area (Å²) in [5.74, 6) is 0. The van der Waals surface area contributed by atoms with Crippen molar-refractivity contribution in [1.29, 1.82) is 0 Å². The van der Waals surface area contributed by atoms with Crippen molar-refractivity contribution < 1.29 is 8.76 Å². The molecule has 0 heterocycles. The first kappa shape index (κ1) is 8.70. The van der Waals surface area contributed by atoms with Crippen molar-refractivity contribution in [2.45, 2.75) is 0 Å². The number of benzene rings is 1. The van der Waals surface area contributed by atoms with Gasteiger partial charge in [-0.3, -0.25) is 4.21 Å². The SMILES string of the molecule is O=S([O-])Nc1ccccc1Br. The predicted molar refractivity (Wildman–Crippen MR) is 46.7 cm³/mol. The molecule has 1 unspecified atom stereocenters. The number of hydrogen-bond donors (Lipinski definition) is 1. The molecule has 1 aromatic rings. The lowest BCUT2D eigenvalue weighted by atomic mass is 10.3. The zero-order valence-corrected chi connectivity index (χ0v) is 7.81.